The van der Waals surface area contributed by atoms with Crippen molar-refractivity contribution in [1.29, 1.82) is 5.26 Å². The Kier molecular flexibility index (Phi) is 7.95. The van der Waals surface area contributed by atoms with E-state index in [1.165, 1.54) is 4.88 Å². The number of rotatable bonds is 6. The van der Waals surface area contributed by atoms with Gasteiger partial charge in [0.15, 0.2) is 0 Å². The topological polar surface area (TPSA) is 94.5 Å². The van der Waals surface area contributed by atoms with E-state index in [0.717, 1.165) is 62.2 Å². The molecule has 0 spiro atoms. The van der Waals surface area contributed by atoms with Crippen LogP contribution in [0.3, 0.4) is 0 Å². The zero-order chi connectivity index (χ0) is 22.4. The van der Waals surface area contributed by atoms with Gasteiger partial charge in [0, 0.05) is 24.4 Å². The maximum atomic E-state index is 12.5. The highest BCUT2D eigenvalue weighted by Crippen LogP contribution is 2.37. The highest BCUT2D eigenvalue weighted by atomic mass is 32.1. The minimum absolute atomic E-state index is 0.0242. The Labute approximate surface area is 189 Å². The fraction of sp³-hybridized carbons (Fsp3) is 0.696. The minimum atomic E-state index is -0.482. The number of likely N-dealkylation sites (tertiary alicyclic amines) is 1. The summed E-state index contributed by atoms with van der Waals surface area (Å²) in [4.78, 5) is 27.8. The molecule has 1 aliphatic heterocycles. The van der Waals surface area contributed by atoms with Crippen LogP contribution in [0.1, 0.15) is 68.9 Å². The number of hydrogen-bond acceptors (Lipinski definition) is 6. The number of nitrogens with one attached hydrogen (secondary N) is 2. The number of hydrogen-bond donors (Lipinski definition) is 2. The van der Waals surface area contributed by atoms with E-state index in [1.807, 2.05) is 20.8 Å². The third-order valence-electron chi connectivity index (χ3n) is 5.83. The lowest BCUT2D eigenvalue weighted by Crippen LogP contribution is -2.40. The summed E-state index contributed by atoms with van der Waals surface area (Å²) in [6, 6.07) is 2.30. The Morgan fingerprint density at radius 1 is 1.23 bits per heavy atom. The van der Waals surface area contributed by atoms with E-state index in [2.05, 4.69) is 21.6 Å². The van der Waals surface area contributed by atoms with Crippen LogP contribution in [0.4, 0.5) is 9.80 Å². The smallest absolute Gasteiger partial charge is 0.407 e. The molecule has 2 N–H and O–H groups in total. The number of ether oxygens (including phenoxy) is 1. The summed E-state index contributed by atoms with van der Waals surface area (Å²) in [5, 5.41) is 16.1. The Morgan fingerprint density at radius 2 is 1.94 bits per heavy atom. The first-order valence-electron chi connectivity index (χ1n) is 11.3. The van der Waals surface area contributed by atoms with Crippen LogP contribution in [0.2, 0.25) is 0 Å². The molecule has 170 valence electrons. The van der Waals surface area contributed by atoms with E-state index in [4.69, 9.17) is 4.74 Å². The second-order valence-electron chi connectivity index (χ2n) is 9.49. The molecule has 1 aromatic heterocycles. The third kappa shape index (κ3) is 6.94. The molecule has 2 aliphatic rings. The summed E-state index contributed by atoms with van der Waals surface area (Å²) in [5.41, 5.74) is 1.34. The lowest BCUT2D eigenvalue weighted by Gasteiger charge is -2.32. The van der Waals surface area contributed by atoms with Crippen LogP contribution in [0.15, 0.2) is 0 Å². The zero-order valence-electron chi connectivity index (χ0n) is 18.9. The normalized spacial score (nSPS) is 17.5. The summed E-state index contributed by atoms with van der Waals surface area (Å²) in [6.07, 6.45) is 6.29. The lowest BCUT2D eigenvalue weighted by atomic mass is 9.96. The molecule has 1 fully saturated rings. The maximum absolute atomic E-state index is 12.5. The van der Waals surface area contributed by atoms with Gasteiger partial charge in [-0.2, -0.15) is 5.26 Å². The van der Waals surface area contributed by atoms with Crippen LogP contribution in [0.25, 0.3) is 0 Å². The number of aryl methyl sites for hydroxylation is 1. The molecule has 0 aromatic carbocycles. The molecule has 8 heteroatoms. The highest BCUT2D eigenvalue weighted by molar-refractivity contribution is 7.16. The van der Waals surface area contributed by atoms with Crippen LogP contribution < -0.4 is 10.6 Å². The predicted octanol–water partition coefficient (Wildman–Crippen LogP) is 4.06. The zero-order valence-corrected chi connectivity index (χ0v) is 19.7. The van der Waals surface area contributed by atoms with Crippen molar-refractivity contribution in [2.24, 2.45) is 5.92 Å². The molecule has 2 amide bonds. The van der Waals surface area contributed by atoms with Crippen LogP contribution >= 0.6 is 11.3 Å². The summed E-state index contributed by atoms with van der Waals surface area (Å²) in [7, 11) is 0. The molecule has 0 radical (unpaired) electrons. The Bertz CT molecular complexity index is 829. The second kappa shape index (κ2) is 10.5. The van der Waals surface area contributed by atoms with Crippen molar-refractivity contribution >= 4 is 28.3 Å². The Balaban J connectivity index is 1.37. The minimum Gasteiger partial charge on any atom is -0.444 e. The molecule has 1 aliphatic carbocycles. The molecule has 2 heterocycles. The second-order valence-corrected chi connectivity index (χ2v) is 10.6. The summed E-state index contributed by atoms with van der Waals surface area (Å²) in [5.74, 6) is 0.414. The van der Waals surface area contributed by atoms with Crippen molar-refractivity contribution in [1.82, 2.24) is 10.2 Å². The van der Waals surface area contributed by atoms with Crippen molar-refractivity contribution in [2.45, 2.75) is 71.3 Å². The van der Waals surface area contributed by atoms with Crippen LogP contribution in [0, 0.1) is 17.2 Å². The van der Waals surface area contributed by atoms with E-state index >= 15 is 0 Å². The van der Waals surface area contributed by atoms with Gasteiger partial charge in [-0.05, 0) is 83.9 Å². The van der Waals surface area contributed by atoms with Gasteiger partial charge < -0.3 is 20.3 Å². The van der Waals surface area contributed by atoms with Gasteiger partial charge in [-0.3, -0.25) is 4.79 Å². The van der Waals surface area contributed by atoms with Gasteiger partial charge in [0.2, 0.25) is 5.91 Å². The highest BCUT2D eigenvalue weighted by Gasteiger charge is 2.24. The molecule has 0 bridgehead atoms. The standard InChI is InChI=1S/C23H34N4O3S/c1-23(2,3)30-22(29)25-15-16-8-11-27(12-9-16)13-10-20(28)26-21-18(14-24)17-6-4-5-7-19(17)31-21/h16H,4-13,15H2,1-3H3,(H,25,29)(H,26,28). The summed E-state index contributed by atoms with van der Waals surface area (Å²) < 4.78 is 5.28. The van der Waals surface area contributed by atoms with Crippen molar-refractivity contribution in [3.05, 3.63) is 16.0 Å². The maximum Gasteiger partial charge on any atom is 0.407 e. The molecule has 1 saturated heterocycles. The number of carbonyl (C=O) groups is 2. The van der Waals surface area contributed by atoms with E-state index in [-0.39, 0.29) is 12.0 Å². The average molecular weight is 447 g/mol. The van der Waals surface area contributed by atoms with Gasteiger partial charge in [-0.1, -0.05) is 0 Å². The van der Waals surface area contributed by atoms with Gasteiger partial charge >= 0.3 is 6.09 Å². The van der Waals surface area contributed by atoms with Crippen molar-refractivity contribution in [3.8, 4) is 6.07 Å². The van der Waals surface area contributed by atoms with Gasteiger partial charge in [-0.25, -0.2) is 4.79 Å². The summed E-state index contributed by atoms with van der Waals surface area (Å²) in [6.45, 7) is 8.75. The molecule has 0 unspecified atom stereocenters. The average Bonchev–Trinajstić information content (AvgIpc) is 3.07. The van der Waals surface area contributed by atoms with Crippen molar-refractivity contribution in [2.75, 3.05) is 31.5 Å². The number of thiophene rings is 1. The number of nitrogens with zero attached hydrogens (tertiary/aromatic N) is 2. The fourth-order valence-corrected chi connectivity index (χ4v) is 5.43. The first-order chi connectivity index (χ1) is 14.7. The first-order valence-corrected chi connectivity index (χ1v) is 12.1. The fourth-order valence-electron chi connectivity index (χ4n) is 4.18. The first kappa shape index (κ1) is 23.6. The predicted molar refractivity (Wildman–Crippen MR) is 122 cm³/mol. The van der Waals surface area contributed by atoms with Gasteiger partial charge in [0.25, 0.3) is 0 Å². The largest absolute Gasteiger partial charge is 0.444 e. The van der Waals surface area contributed by atoms with E-state index in [1.54, 1.807) is 11.3 Å². The molecule has 0 saturated carbocycles. The van der Waals surface area contributed by atoms with E-state index in [9.17, 15) is 14.9 Å². The SMILES string of the molecule is CC(C)(C)OC(=O)NCC1CCN(CCC(=O)Nc2sc3c(c2C#N)CCCC3)CC1. The molecule has 0 atom stereocenters. The molecule has 3 rings (SSSR count). The van der Waals surface area contributed by atoms with Crippen molar-refractivity contribution in [3.63, 3.8) is 0 Å². The molecule has 31 heavy (non-hydrogen) atoms. The van der Waals surface area contributed by atoms with Crippen LogP contribution in [-0.2, 0) is 22.4 Å². The Morgan fingerprint density at radius 3 is 2.61 bits per heavy atom. The monoisotopic (exact) mass is 446 g/mol. The van der Waals surface area contributed by atoms with E-state index in [0.29, 0.717) is 31.0 Å². The lowest BCUT2D eigenvalue weighted by molar-refractivity contribution is -0.116. The van der Waals surface area contributed by atoms with Crippen LogP contribution in [-0.4, -0.2) is 48.7 Å². The van der Waals surface area contributed by atoms with E-state index < -0.39 is 5.60 Å². The van der Waals surface area contributed by atoms with Gasteiger partial charge in [0.1, 0.15) is 16.7 Å². The van der Waals surface area contributed by atoms with Crippen molar-refractivity contribution < 1.29 is 14.3 Å². The molecular formula is C23H34N4O3S. The number of anilines is 1. The number of amides is 2. The molecular weight excluding hydrogens is 412 g/mol. The number of fused-ring (bicyclic) bond motifs is 1. The Hall–Kier alpha value is -2.11. The van der Waals surface area contributed by atoms with Gasteiger partial charge in [-0.15, -0.1) is 11.3 Å². The van der Waals surface area contributed by atoms with Crippen LogP contribution in [0.5, 0.6) is 0 Å². The quantitative estimate of drug-likeness (QED) is 0.687. The van der Waals surface area contributed by atoms with Gasteiger partial charge in [0.05, 0.1) is 5.56 Å². The number of nitriles is 1. The summed E-state index contributed by atoms with van der Waals surface area (Å²) >= 11 is 1.57. The number of carbonyl (C=O) groups excluding carboxylic acids is 2. The number of piperidine rings is 1. The molecule has 1 aromatic rings. The third-order valence-corrected chi connectivity index (χ3v) is 7.04. The number of alkyl carbamates (subject to hydrolysis) is 1. The molecule has 7 nitrogen and oxygen atoms in total.